The second-order valence-electron chi connectivity index (χ2n) is 7.30. The molecule has 1 saturated carbocycles. The summed E-state index contributed by atoms with van der Waals surface area (Å²) in [6.45, 7) is 11.7. The Morgan fingerprint density at radius 3 is 2.40 bits per heavy atom. The zero-order valence-corrected chi connectivity index (χ0v) is 13.9. The van der Waals surface area contributed by atoms with Crippen LogP contribution in [0.4, 0.5) is 0 Å². The van der Waals surface area contributed by atoms with Crippen molar-refractivity contribution in [3.63, 3.8) is 0 Å². The van der Waals surface area contributed by atoms with Crippen LogP contribution in [0, 0.1) is 5.41 Å². The maximum absolute atomic E-state index is 3.90. The summed E-state index contributed by atoms with van der Waals surface area (Å²) in [7, 11) is 0. The van der Waals surface area contributed by atoms with Gasteiger partial charge >= 0.3 is 0 Å². The first-order chi connectivity index (χ1) is 9.63. The molecule has 0 atom stereocenters. The van der Waals surface area contributed by atoms with Crippen molar-refractivity contribution in [3.05, 3.63) is 11.6 Å². The van der Waals surface area contributed by atoms with E-state index in [0.717, 1.165) is 12.6 Å². The summed E-state index contributed by atoms with van der Waals surface area (Å²) in [4.78, 5) is 2.59. The molecule has 0 bridgehead atoms. The molecule has 1 N–H and O–H groups in total. The third-order valence-corrected chi connectivity index (χ3v) is 5.53. The molecule has 0 aromatic heterocycles. The van der Waals surface area contributed by atoms with Crippen molar-refractivity contribution >= 4 is 0 Å². The van der Waals surface area contributed by atoms with E-state index in [1.54, 1.807) is 0 Å². The first-order valence-electron chi connectivity index (χ1n) is 8.73. The van der Waals surface area contributed by atoms with Gasteiger partial charge in [-0.3, -0.25) is 4.90 Å². The van der Waals surface area contributed by atoms with Gasteiger partial charge < -0.3 is 5.32 Å². The molecular formula is C18H34N2. The van der Waals surface area contributed by atoms with Gasteiger partial charge in [0.2, 0.25) is 0 Å². The largest absolute Gasteiger partial charge is 0.313 e. The van der Waals surface area contributed by atoms with E-state index in [1.165, 1.54) is 70.2 Å². The Morgan fingerprint density at radius 2 is 1.85 bits per heavy atom. The molecular weight excluding hydrogens is 244 g/mol. The number of rotatable bonds is 6. The van der Waals surface area contributed by atoms with Crippen molar-refractivity contribution in [1.29, 1.82) is 0 Å². The van der Waals surface area contributed by atoms with E-state index >= 15 is 0 Å². The third-order valence-electron chi connectivity index (χ3n) is 5.53. The zero-order chi connectivity index (χ0) is 14.4. The Labute approximate surface area is 126 Å². The van der Waals surface area contributed by atoms with E-state index in [1.807, 2.05) is 0 Å². The van der Waals surface area contributed by atoms with Gasteiger partial charge in [0.15, 0.2) is 0 Å². The van der Waals surface area contributed by atoms with E-state index in [0.29, 0.717) is 5.41 Å². The number of nitrogens with zero attached hydrogens (tertiary/aromatic N) is 1. The molecule has 1 aliphatic carbocycles. The highest BCUT2D eigenvalue weighted by molar-refractivity contribution is 4.96. The summed E-state index contributed by atoms with van der Waals surface area (Å²) in [5.41, 5.74) is 2.08. The molecule has 2 nitrogen and oxygen atoms in total. The van der Waals surface area contributed by atoms with Gasteiger partial charge in [-0.25, -0.2) is 0 Å². The van der Waals surface area contributed by atoms with Gasteiger partial charge in [0.1, 0.15) is 0 Å². The number of piperidine rings is 1. The predicted octanol–water partition coefficient (Wildman–Crippen LogP) is 3.98. The molecule has 2 heteroatoms. The van der Waals surface area contributed by atoms with E-state index in [2.05, 4.69) is 37.1 Å². The monoisotopic (exact) mass is 278 g/mol. The van der Waals surface area contributed by atoms with Crippen molar-refractivity contribution in [2.24, 2.45) is 5.41 Å². The van der Waals surface area contributed by atoms with Crippen LogP contribution in [-0.2, 0) is 0 Å². The Balaban J connectivity index is 1.68. The maximum Gasteiger partial charge on any atom is 0.0165 e. The normalized spacial score (nSPS) is 23.9. The number of hydrogen-bond acceptors (Lipinski definition) is 2. The second-order valence-corrected chi connectivity index (χ2v) is 7.30. The average molecular weight is 278 g/mol. The molecule has 0 spiro atoms. The fraction of sp³-hybridized carbons (Fsp3) is 0.889. The highest BCUT2D eigenvalue weighted by Gasteiger charge is 2.32. The minimum atomic E-state index is 0.638. The van der Waals surface area contributed by atoms with Crippen molar-refractivity contribution in [2.45, 2.75) is 71.8 Å². The van der Waals surface area contributed by atoms with Gasteiger partial charge in [0, 0.05) is 19.1 Å². The average Bonchev–Trinajstić information content (AvgIpc) is 2.93. The Kier molecular flexibility index (Phi) is 6.10. The first kappa shape index (κ1) is 16.0. The minimum Gasteiger partial charge on any atom is -0.313 e. The molecule has 2 rings (SSSR count). The summed E-state index contributed by atoms with van der Waals surface area (Å²) in [5, 5.41) is 3.90. The molecule has 0 aromatic rings. The van der Waals surface area contributed by atoms with E-state index in [-0.39, 0.29) is 0 Å². The smallest absolute Gasteiger partial charge is 0.0165 e. The highest BCUT2D eigenvalue weighted by Crippen LogP contribution is 2.40. The lowest BCUT2D eigenvalue weighted by molar-refractivity contribution is 0.190. The van der Waals surface area contributed by atoms with Crippen molar-refractivity contribution in [1.82, 2.24) is 10.2 Å². The van der Waals surface area contributed by atoms with Crippen molar-refractivity contribution < 1.29 is 0 Å². The molecule has 1 aliphatic heterocycles. The number of nitrogens with one attached hydrogen (secondary N) is 1. The van der Waals surface area contributed by atoms with E-state index in [9.17, 15) is 0 Å². The SMILES string of the molecule is CCC1(CNC2CCN(CC=C(C)C)CC2)CCCC1. The molecule has 2 fully saturated rings. The number of allylic oxidation sites excluding steroid dienone is 1. The first-order valence-corrected chi connectivity index (χ1v) is 8.73. The maximum atomic E-state index is 3.90. The van der Waals surface area contributed by atoms with Gasteiger partial charge in [-0.2, -0.15) is 0 Å². The van der Waals surface area contributed by atoms with Gasteiger partial charge in [-0.05, 0) is 64.5 Å². The fourth-order valence-corrected chi connectivity index (χ4v) is 3.77. The molecule has 0 aromatic carbocycles. The lowest BCUT2D eigenvalue weighted by atomic mass is 9.83. The Morgan fingerprint density at radius 1 is 1.20 bits per heavy atom. The minimum absolute atomic E-state index is 0.638. The van der Waals surface area contributed by atoms with Gasteiger partial charge in [0.05, 0.1) is 0 Å². The summed E-state index contributed by atoms with van der Waals surface area (Å²) in [5.74, 6) is 0. The van der Waals surface area contributed by atoms with Crippen LogP contribution in [0.5, 0.6) is 0 Å². The Bertz CT molecular complexity index is 303. The topological polar surface area (TPSA) is 15.3 Å². The summed E-state index contributed by atoms with van der Waals surface area (Å²) in [6, 6.07) is 0.766. The molecule has 0 amide bonds. The van der Waals surface area contributed by atoms with Gasteiger partial charge in [-0.1, -0.05) is 31.4 Å². The van der Waals surface area contributed by atoms with E-state index < -0.39 is 0 Å². The van der Waals surface area contributed by atoms with Crippen LogP contribution in [0.2, 0.25) is 0 Å². The molecule has 0 radical (unpaired) electrons. The fourth-order valence-electron chi connectivity index (χ4n) is 3.77. The van der Waals surface area contributed by atoms with Crippen LogP contribution in [0.1, 0.15) is 65.7 Å². The summed E-state index contributed by atoms with van der Waals surface area (Å²) in [6.07, 6.45) is 12.2. The molecule has 116 valence electrons. The summed E-state index contributed by atoms with van der Waals surface area (Å²) >= 11 is 0. The van der Waals surface area contributed by atoms with Crippen LogP contribution in [0.25, 0.3) is 0 Å². The van der Waals surface area contributed by atoms with Crippen LogP contribution in [0.3, 0.4) is 0 Å². The quantitative estimate of drug-likeness (QED) is 0.739. The number of hydrogen-bond donors (Lipinski definition) is 1. The lowest BCUT2D eigenvalue weighted by Gasteiger charge is -2.35. The van der Waals surface area contributed by atoms with Crippen LogP contribution >= 0.6 is 0 Å². The van der Waals surface area contributed by atoms with Crippen molar-refractivity contribution in [3.8, 4) is 0 Å². The summed E-state index contributed by atoms with van der Waals surface area (Å²) < 4.78 is 0. The van der Waals surface area contributed by atoms with Crippen LogP contribution in [0.15, 0.2) is 11.6 Å². The van der Waals surface area contributed by atoms with E-state index in [4.69, 9.17) is 0 Å². The molecule has 0 unspecified atom stereocenters. The van der Waals surface area contributed by atoms with Crippen LogP contribution in [-0.4, -0.2) is 37.1 Å². The zero-order valence-electron chi connectivity index (χ0n) is 13.9. The third kappa shape index (κ3) is 4.60. The Hall–Kier alpha value is -0.340. The predicted molar refractivity (Wildman–Crippen MR) is 88.1 cm³/mol. The molecule has 20 heavy (non-hydrogen) atoms. The standard InChI is InChI=1S/C18H34N2/c1-4-18(10-5-6-11-18)15-19-17-8-13-20(14-9-17)12-7-16(2)3/h7,17,19H,4-6,8-15H2,1-3H3. The second kappa shape index (κ2) is 7.61. The molecule has 2 aliphatic rings. The number of likely N-dealkylation sites (tertiary alicyclic amines) is 1. The van der Waals surface area contributed by atoms with Gasteiger partial charge in [0.25, 0.3) is 0 Å². The van der Waals surface area contributed by atoms with Crippen molar-refractivity contribution in [2.75, 3.05) is 26.2 Å². The van der Waals surface area contributed by atoms with Gasteiger partial charge in [-0.15, -0.1) is 0 Å². The van der Waals surface area contributed by atoms with Crippen LogP contribution < -0.4 is 5.32 Å². The molecule has 1 saturated heterocycles. The highest BCUT2D eigenvalue weighted by atomic mass is 15.1. The lowest BCUT2D eigenvalue weighted by Crippen LogP contribution is -2.45. The molecule has 1 heterocycles.